The van der Waals surface area contributed by atoms with Gasteiger partial charge < -0.3 is 0 Å². The minimum atomic E-state index is -3.47. The van der Waals surface area contributed by atoms with E-state index in [0.717, 1.165) is 12.8 Å². The Morgan fingerprint density at radius 1 is 1.40 bits per heavy atom. The van der Waals surface area contributed by atoms with Crippen molar-refractivity contribution >= 4 is 10.0 Å². The molecule has 0 heterocycles. The van der Waals surface area contributed by atoms with Crippen LogP contribution in [-0.2, 0) is 10.0 Å². The Morgan fingerprint density at radius 2 is 2.15 bits per heavy atom. The fourth-order valence-corrected chi connectivity index (χ4v) is 3.95. The van der Waals surface area contributed by atoms with Crippen molar-refractivity contribution in [3.63, 3.8) is 0 Å². The van der Waals surface area contributed by atoms with Crippen LogP contribution >= 0.6 is 0 Å². The summed E-state index contributed by atoms with van der Waals surface area (Å²) in [5.41, 5.74) is 1.19. The SMILES string of the molecule is Cc1cc(S(=O)(=O)NCC2CCC(C)C2)ccc1C#N. The summed E-state index contributed by atoms with van der Waals surface area (Å²) in [5.74, 6) is 1.14. The van der Waals surface area contributed by atoms with Gasteiger partial charge in [-0.1, -0.05) is 13.3 Å². The maximum atomic E-state index is 12.2. The fourth-order valence-electron chi connectivity index (χ4n) is 2.75. The first-order valence-electron chi connectivity index (χ1n) is 6.93. The molecule has 2 unspecified atom stereocenters. The third-order valence-electron chi connectivity index (χ3n) is 3.99. The lowest BCUT2D eigenvalue weighted by Gasteiger charge is -2.12. The van der Waals surface area contributed by atoms with Gasteiger partial charge in [-0.15, -0.1) is 0 Å². The topological polar surface area (TPSA) is 70.0 Å². The van der Waals surface area contributed by atoms with Crippen molar-refractivity contribution in [2.45, 2.75) is 38.0 Å². The van der Waals surface area contributed by atoms with Crippen LogP contribution in [0.3, 0.4) is 0 Å². The molecule has 1 fully saturated rings. The normalized spacial score (nSPS) is 22.6. The number of hydrogen-bond donors (Lipinski definition) is 1. The molecule has 2 rings (SSSR count). The van der Waals surface area contributed by atoms with Gasteiger partial charge in [0.25, 0.3) is 0 Å². The maximum absolute atomic E-state index is 12.2. The van der Waals surface area contributed by atoms with E-state index in [0.29, 0.717) is 29.5 Å². The molecule has 1 aromatic rings. The highest BCUT2D eigenvalue weighted by Gasteiger charge is 2.23. The lowest BCUT2D eigenvalue weighted by Crippen LogP contribution is -2.28. The lowest BCUT2D eigenvalue weighted by atomic mass is 10.1. The molecule has 4 nitrogen and oxygen atoms in total. The summed E-state index contributed by atoms with van der Waals surface area (Å²) in [4.78, 5) is 0.236. The van der Waals surface area contributed by atoms with E-state index < -0.39 is 10.0 Å². The van der Waals surface area contributed by atoms with Gasteiger partial charge in [0.15, 0.2) is 0 Å². The quantitative estimate of drug-likeness (QED) is 0.927. The number of hydrogen-bond acceptors (Lipinski definition) is 3. The summed E-state index contributed by atoms with van der Waals surface area (Å²) in [7, 11) is -3.47. The third kappa shape index (κ3) is 3.38. The zero-order chi connectivity index (χ0) is 14.8. The van der Waals surface area contributed by atoms with E-state index in [1.165, 1.54) is 12.5 Å². The molecule has 0 aliphatic heterocycles. The summed E-state index contributed by atoms with van der Waals surface area (Å²) in [6, 6.07) is 6.64. The smallest absolute Gasteiger partial charge is 0.211 e. The second-order valence-electron chi connectivity index (χ2n) is 5.72. The molecule has 1 saturated carbocycles. The van der Waals surface area contributed by atoms with Crippen LogP contribution in [0.4, 0.5) is 0 Å². The molecular weight excluding hydrogens is 272 g/mol. The number of nitrogens with zero attached hydrogens (tertiary/aromatic N) is 1. The van der Waals surface area contributed by atoms with Crippen LogP contribution in [-0.4, -0.2) is 15.0 Å². The van der Waals surface area contributed by atoms with Crippen LogP contribution in [0.1, 0.15) is 37.3 Å². The van der Waals surface area contributed by atoms with Crippen molar-refractivity contribution in [3.8, 4) is 6.07 Å². The van der Waals surface area contributed by atoms with Crippen LogP contribution in [0, 0.1) is 30.1 Å². The molecule has 1 aliphatic carbocycles. The van der Waals surface area contributed by atoms with Crippen molar-refractivity contribution in [2.24, 2.45) is 11.8 Å². The Kier molecular flexibility index (Phi) is 4.46. The molecule has 1 N–H and O–H groups in total. The number of benzene rings is 1. The summed E-state index contributed by atoms with van der Waals surface area (Å²) in [5, 5.41) is 8.87. The first kappa shape index (κ1) is 15.0. The van der Waals surface area contributed by atoms with E-state index in [1.54, 1.807) is 19.1 Å². The predicted molar refractivity (Wildman–Crippen MR) is 77.6 cm³/mol. The zero-order valence-corrected chi connectivity index (χ0v) is 12.7. The Labute approximate surface area is 120 Å². The van der Waals surface area contributed by atoms with Gasteiger partial charge >= 0.3 is 0 Å². The molecule has 0 spiro atoms. The number of sulfonamides is 1. The van der Waals surface area contributed by atoms with Crippen molar-refractivity contribution < 1.29 is 8.42 Å². The van der Waals surface area contributed by atoms with Crippen LogP contribution in [0.15, 0.2) is 23.1 Å². The minimum Gasteiger partial charge on any atom is -0.211 e. The standard InChI is InChI=1S/C15H20N2O2S/c1-11-3-4-13(7-11)10-17-20(18,19)15-6-5-14(9-16)12(2)8-15/h5-6,8,11,13,17H,3-4,7,10H2,1-2H3. The van der Waals surface area contributed by atoms with E-state index in [9.17, 15) is 8.42 Å². The Morgan fingerprint density at radius 3 is 2.70 bits per heavy atom. The highest BCUT2D eigenvalue weighted by Crippen LogP contribution is 2.30. The van der Waals surface area contributed by atoms with Crippen LogP contribution in [0.25, 0.3) is 0 Å². The second kappa shape index (κ2) is 5.94. The molecule has 0 radical (unpaired) electrons. The van der Waals surface area contributed by atoms with E-state index >= 15 is 0 Å². The van der Waals surface area contributed by atoms with Gasteiger partial charge in [0.2, 0.25) is 10.0 Å². The molecule has 0 aromatic heterocycles. The Balaban J connectivity index is 2.07. The largest absolute Gasteiger partial charge is 0.240 e. The number of nitriles is 1. The molecule has 0 amide bonds. The second-order valence-corrected chi connectivity index (χ2v) is 7.49. The molecule has 1 aromatic carbocycles. The van der Waals surface area contributed by atoms with E-state index in [1.807, 2.05) is 6.07 Å². The first-order chi connectivity index (χ1) is 9.42. The third-order valence-corrected chi connectivity index (χ3v) is 5.42. The molecule has 0 bridgehead atoms. The zero-order valence-electron chi connectivity index (χ0n) is 11.9. The first-order valence-corrected chi connectivity index (χ1v) is 8.41. The Hall–Kier alpha value is -1.38. The fraction of sp³-hybridized carbons (Fsp3) is 0.533. The van der Waals surface area contributed by atoms with E-state index in [2.05, 4.69) is 11.6 Å². The maximum Gasteiger partial charge on any atom is 0.240 e. The average molecular weight is 292 g/mol. The number of nitrogens with one attached hydrogen (secondary N) is 1. The molecular formula is C15H20N2O2S. The molecule has 5 heteroatoms. The van der Waals surface area contributed by atoms with Gasteiger partial charge in [-0.05, 0) is 55.4 Å². The minimum absolute atomic E-state index is 0.236. The van der Waals surface area contributed by atoms with Crippen LogP contribution in [0.5, 0.6) is 0 Å². The highest BCUT2D eigenvalue weighted by molar-refractivity contribution is 7.89. The van der Waals surface area contributed by atoms with E-state index in [4.69, 9.17) is 5.26 Å². The molecule has 0 saturated heterocycles. The number of rotatable bonds is 4. The summed E-state index contributed by atoms with van der Waals surface area (Å²) in [6.07, 6.45) is 3.37. The number of aryl methyl sites for hydroxylation is 1. The van der Waals surface area contributed by atoms with Gasteiger partial charge in [-0.2, -0.15) is 5.26 Å². The predicted octanol–water partition coefficient (Wildman–Crippen LogP) is 2.58. The van der Waals surface area contributed by atoms with Crippen LogP contribution < -0.4 is 4.72 Å². The monoisotopic (exact) mass is 292 g/mol. The summed E-state index contributed by atoms with van der Waals surface area (Å²) >= 11 is 0. The molecule has 20 heavy (non-hydrogen) atoms. The molecule has 1 aliphatic rings. The van der Waals surface area contributed by atoms with Gasteiger partial charge in [0, 0.05) is 6.54 Å². The van der Waals surface area contributed by atoms with Gasteiger partial charge in [0.1, 0.15) is 0 Å². The molecule has 108 valence electrons. The van der Waals surface area contributed by atoms with E-state index in [-0.39, 0.29) is 4.90 Å². The van der Waals surface area contributed by atoms with Gasteiger partial charge in [-0.3, -0.25) is 0 Å². The average Bonchev–Trinajstić information content (AvgIpc) is 2.82. The van der Waals surface area contributed by atoms with Crippen molar-refractivity contribution in [3.05, 3.63) is 29.3 Å². The summed E-state index contributed by atoms with van der Waals surface area (Å²) in [6.45, 7) is 4.46. The highest BCUT2D eigenvalue weighted by atomic mass is 32.2. The van der Waals surface area contributed by atoms with Crippen molar-refractivity contribution in [2.75, 3.05) is 6.54 Å². The molecule has 2 atom stereocenters. The van der Waals surface area contributed by atoms with Crippen molar-refractivity contribution in [1.82, 2.24) is 4.72 Å². The van der Waals surface area contributed by atoms with Gasteiger partial charge in [-0.25, -0.2) is 13.1 Å². The van der Waals surface area contributed by atoms with Gasteiger partial charge in [0.05, 0.1) is 16.5 Å². The van der Waals surface area contributed by atoms with Crippen LogP contribution in [0.2, 0.25) is 0 Å². The van der Waals surface area contributed by atoms with Crippen molar-refractivity contribution in [1.29, 1.82) is 5.26 Å². The Bertz CT molecular complexity index is 632. The summed E-state index contributed by atoms with van der Waals surface area (Å²) < 4.78 is 27.1. The lowest BCUT2D eigenvalue weighted by molar-refractivity contribution is 0.498.